The summed E-state index contributed by atoms with van der Waals surface area (Å²) in [4.78, 5) is 23.6. The first-order chi connectivity index (χ1) is 5.65. The van der Waals surface area contributed by atoms with Gasteiger partial charge in [-0.05, 0) is 5.18 Å². The largest absolute Gasteiger partial charge is 0.479 e. The van der Waals surface area contributed by atoms with E-state index in [2.05, 4.69) is 19.8 Å². The highest BCUT2D eigenvalue weighted by atomic mass is 16.5. The zero-order valence-corrected chi connectivity index (χ0v) is 5.67. The Bertz CT molecular complexity index is 308. The maximum absolute atomic E-state index is 10.3. The van der Waals surface area contributed by atoms with Crippen LogP contribution in [0.25, 0.3) is 0 Å². The number of nitrogens with two attached hydrogens (primary N) is 1. The van der Waals surface area contributed by atoms with E-state index >= 15 is 0 Å². The molecule has 0 amide bonds. The van der Waals surface area contributed by atoms with Crippen LogP contribution >= 0.6 is 0 Å². The van der Waals surface area contributed by atoms with E-state index in [1.165, 1.54) is 0 Å². The lowest BCUT2D eigenvalue weighted by atomic mass is 10.3. The fraction of sp³-hybridized carbons (Fsp3) is 0.250. The van der Waals surface area contributed by atoms with E-state index in [0.29, 0.717) is 0 Å². The SMILES string of the molecule is Nc1nc(C(N=O)C(=O)O)no1. The Balaban J connectivity index is 2.94. The van der Waals surface area contributed by atoms with Crippen LogP contribution in [0, 0.1) is 4.91 Å². The molecule has 0 saturated carbocycles. The number of aliphatic carboxylic acids is 1. The van der Waals surface area contributed by atoms with E-state index in [0.717, 1.165) is 0 Å². The van der Waals surface area contributed by atoms with Gasteiger partial charge in [0.1, 0.15) is 0 Å². The summed E-state index contributed by atoms with van der Waals surface area (Å²) in [7, 11) is 0. The van der Waals surface area contributed by atoms with Crippen LogP contribution in [0.15, 0.2) is 9.70 Å². The maximum Gasteiger partial charge on any atom is 0.340 e. The van der Waals surface area contributed by atoms with E-state index in [9.17, 15) is 9.70 Å². The van der Waals surface area contributed by atoms with Crippen LogP contribution in [0.4, 0.5) is 6.01 Å². The Morgan fingerprint density at radius 1 is 1.75 bits per heavy atom. The third-order valence-corrected chi connectivity index (χ3v) is 1.04. The monoisotopic (exact) mass is 172 g/mol. The summed E-state index contributed by atoms with van der Waals surface area (Å²) < 4.78 is 4.25. The standard InChI is InChI=1S/C4H4N4O4/c5-4-6-2(8-12-4)1(7-11)3(9)10/h1H,(H,9,10)(H2,5,6,8). The Morgan fingerprint density at radius 3 is 2.75 bits per heavy atom. The average molecular weight is 172 g/mol. The maximum atomic E-state index is 10.3. The summed E-state index contributed by atoms with van der Waals surface area (Å²) in [5.74, 6) is -1.80. The summed E-state index contributed by atoms with van der Waals surface area (Å²) in [5, 5.41) is 13.8. The van der Waals surface area contributed by atoms with Gasteiger partial charge >= 0.3 is 12.0 Å². The highest BCUT2D eigenvalue weighted by molar-refractivity contribution is 5.74. The molecule has 0 spiro atoms. The van der Waals surface area contributed by atoms with E-state index in [-0.39, 0.29) is 11.8 Å². The third-order valence-electron chi connectivity index (χ3n) is 1.04. The molecule has 0 aromatic carbocycles. The zero-order valence-electron chi connectivity index (χ0n) is 5.67. The second-order valence-corrected chi connectivity index (χ2v) is 1.84. The van der Waals surface area contributed by atoms with Crippen molar-refractivity contribution in [2.75, 3.05) is 5.73 Å². The summed E-state index contributed by atoms with van der Waals surface area (Å²) >= 11 is 0. The number of carboxylic acid groups (broad SMARTS) is 1. The normalized spacial score (nSPS) is 12.3. The number of carboxylic acids is 1. The molecule has 1 rings (SSSR count). The molecule has 1 aromatic rings. The van der Waals surface area contributed by atoms with Crippen molar-refractivity contribution in [3.8, 4) is 0 Å². The van der Waals surface area contributed by atoms with Gasteiger partial charge in [0.2, 0.25) is 5.82 Å². The van der Waals surface area contributed by atoms with Gasteiger partial charge in [-0.3, -0.25) is 0 Å². The Hall–Kier alpha value is -1.99. The highest BCUT2D eigenvalue weighted by Gasteiger charge is 2.26. The number of carbonyl (C=O) groups is 1. The van der Waals surface area contributed by atoms with Crippen molar-refractivity contribution >= 4 is 12.0 Å². The molecule has 0 aliphatic rings. The predicted molar refractivity (Wildman–Crippen MR) is 34.9 cm³/mol. The number of anilines is 1. The summed E-state index contributed by atoms with van der Waals surface area (Å²) in [6, 6.07) is -1.97. The number of nitrogens with zero attached hydrogens (tertiary/aromatic N) is 3. The molecular weight excluding hydrogens is 168 g/mol. The van der Waals surface area contributed by atoms with E-state index in [4.69, 9.17) is 10.8 Å². The van der Waals surface area contributed by atoms with Crippen LogP contribution in [-0.2, 0) is 4.79 Å². The minimum atomic E-state index is -1.66. The van der Waals surface area contributed by atoms with Crippen LogP contribution in [0.1, 0.15) is 11.9 Å². The van der Waals surface area contributed by atoms with Gasteiger partial charge in [0.05, 0.1) is 0 Å². The van der Waals surface area contributed by atoms with Crippen LogP contribution in [-0.4, -0.2) is 21.2 Å². The van der Waals surface area contributed by atoms with Gasteiger partial charge in [0.15, 0.2) is 0 Å². The van der Waals surface area contributed by atoms with Gasteiger partial charge < -0.3 is 15.4 Å². The number of hydrogen-bond acceptors (Lipinski definition) is 7. The molecule has 0 fully saturated rings. The molecule has 8 heteroatoms. The van der Waals surface area contributed by atoms with Crippen molar-refractivity contribution in [2.24, 2.45) is 5.18 Å². The molecule has 0 bridgehead atoms. The summed E-state index contributed by atoms with van der Waals surface area (Å²) in [6.45, 7) is 0. The Morgan fingerprint density at radius 2 is 2.42 bits per heavy atom. The first kappa shape index (κ1) is 8.11. The van der Waals surface area contributed by atoms with E-state index in [1.54, 1.807) is 0 Å². The van der Waals surface area contributed by atoms with Crippen LogP contribution in [0.5, 0.6) is 0 Å². The molecule has 1 atom stereocenters. The van der Waals surface area contributed by atoms with Gasteiger partial charge in [-0.25, -0.2) is 4.79 Å². The predicted octanol–water partition coefficient (Wildman–Crippen LogP) is -0.456. The van der Waals surface area contributed by atoms with E-state index in [1.807, 2.05) is 0 Å². The van der Waals surface area contributed by atoms with Crippen molar-refractivity contribution in [2.45, 2.75) is 6.04 Å². The molecule has 1 unspecified atom stereocenters. The lowest BCUT2D eigenvalue weighted by molar-refractivity contribution is -0.138. The van der Waals surface area contributed by atoms with Crippen LogP contribution < -0.4 is 5.73 Å². The quantitative estimate of drug-likeness (QED) is 0.589. The molecule has 1 aromatic heterocycles. The first-order valence-electron chi connectivity index (χ1n) is 2.79. The molecule has 0 saturated heterocycles. The summed E-state index contributed by atoms with van der Waals surface area (Å²) in [6.07, 6.45) is 0. The average Bonchev–Trinajstić information content (AvgIpc) is 2.37. The molecule has 0 aliphatic heterocycles. The Kier molecular flexibility index (Phi) is 1.99. The molecule has 12 heavy (non-hydrogen) atoms. The topological polar surface area (TPSA) is 132 Å². The van der Waals surface area contributed by atoms with Crippen molar-refractivity contribution < 1.29 is 14.4 Å². The van der Waals surface area contributed by atoms with Crippen molar-refractivity contribution in [3.63, 3.8) is 0 Å². The summed E-state index contributed by atoms with van der Waals surface area (Å²) in [5.41, 5.74) is 4.99. The molecular formula is C4H4N4O4. The third kappa shape index (κ3) is 1.36. The lowest BCUT2D eigenvalue weighted by Gasteiger charge is -1.93. The molecule has 64 valence electrons. The fourth-order valence-corrected chi connectivity index (χ4v) is 0.561. The van der Waals surface area contributed by atoms with E-state index < -0.39 is 12.0 Å². The van der Waals surface area contributed by atoms with Gasteiger partial charge in [-0.1, -0.05) is 5.16 Å². The second kappa shape index (κ2) is 2.95. The second-order valence-electron chi connectivity index (χ2n) is 1.84. The number of nitrogen functional groups attached to an aromatic ring is 1. The highest BCUT2D eigenvalue weighted by Crippen LogP contribution is 2.13. The molecule has 3 N–H and O–H groups in total. The zero-order chi connectivity index (χ0) is 9.14. The van der Waals surface area contributed by atoms with Crippen molar-refractivity contribution in [1.82, 2.24) is 10.1 Å². The van der Waals surface area contributed by atoms with Crippen LogP contribution in [0.2, 0.25) is 0 Å². The number of nitroso groups, excluding NO2 is 1. The smallest absolute Gasteiger partial charge is 0.340 e. The molecule has 0 aliphatic carbocycles. The minimum Gasteiger partial charge on any atom is -0.479 e. The van der Waals surface area contributed by atoms with Gasteiger partial charge in [0, 0.05) is 0 Å². The minimum absolute atomic E-state index is 0.306. The molecule has 1 heterocycles. The van der Waals surface area contributed by atoms with Gasteiger partial charge in [-0.15, -0.1) is 4.91 Å². The fourth-order valence-electron chi connectivity index (χ4n) is 0.561. The number of aromatic nitrogens is 2. The lowest BCUT2D eigenvalue weighted by Crippen LogP contribution is -2.10. The van der Waals surface area contributed by atoms with Crippen LogP contribution in [0.3, 0.4) is 0 Å². The van der Waals surface area contributed by atoms with Gasteiger partial charge in [-0.2, -0.15) is 4.98 Å². The molecule has 0 radical (unpaired) electrons. The number of hydrogen-bond donors (Lipinski definition) is 2. The van der Waals surface area contributed by atoms with Crippen molar-refractivity contribution in [1.29, 1.82) is 0 Å². The first-order valence-corrected chi connectivity index (χ1v) is 2.79. The van der Waals surface area contributed by atoms with Gasteiger partial charge in [0.25, 0.3) is 6.04 Å². The molecule has 8 nitrogen and oxygen atoms in total. The van der Waals surface area contributed by atoms with Crippen molar-refractivity contribution in [3.05, 3.63) is 10.7 Å². The number of rotatable bonds is 3. The Labute approximate surface area is 65.3 Å².